The van der Waals surface area contributed by atoms with E-state index in [9.17, 15) is 14.7 Å². The Kier molecular flexibility index (Phi) is 9.03. The number of ether oxygens (including phenoxy) is 1. The van der Waals surface area contributed by atoms with Crippen LogP contribution in [0.5, 0.6) is 0 Å². The maximum atomic E-state index is 14.4. The molecule has 6 nitrogen and oxygen atoms in total. The summed E-state index contributed by atoms with van der Waals surface area (Å²) in [6.07, 6.45) is 16.0. The number of hydrogen-bond donors (Lipinski definition) is 2. The summed E-state index contributed by atoms with van der Waals surface area (Å²) in [5.41, 5.74) is 3.26. The van der Waals surface area contributed by atoms with E-state index in [2.05, 4.69) is 63.6 Å². The Hall–Kier alpha value is -2.44. The third-order valence-electron chi connectivity index (χ3n) is 16.3. The largest absolute Gasteiger partial charge is 0.478 e. The van der Waals surface area contributed by atoms with Gasteiger partial charge in [-0.1, -0.05) is 58.9 Å². The summed E-state index contributed by atoms with van der Waals surface area (Å²) >= 11 is 0. The van der Waals surface area contributed by atoms with Crippen LogP contribution in [0.3, 0.4) is 0 Å². The topological polar surface area (TPSA) is 78.9 Å². The van der Waals surface area contributed by atoms with Crippen molar-refractivity contribution in [1.29, 1.82) is 0 Å². The molecule has 2 N–H and O–H groups in total. The molecule has 0 spiro atoms. The number of nitrogens with one attached hydrogen (secondary N) is 1. The van der Waals surface area contributed by atoms with Crippen LogP contribution in [-0.2, 0) is 9.53 Å². The van der Waals surface area contributed by atoms with Gasteiger partial charge in [-0.25, -0.2) is 4.79 Å². The number of benzene rings is 1. The predicted octanol–water partition coefficient (Wildman–Crippen LogP) is 8.48. The minimum absolute atomic E-state index is 0.00219. The van der Waals surface area contributed by atoms with Crippen LogP contribution in [0.25, 0.3) is 5.57 Å². The average molecular weight is 671 g/mol. The SMILES string of the molecule is C=C[C@@H]1CC[C@]2(C(=O)NCCCN3CCOCC3)CC[C@]3(C)[C@H](CC[C@@H]4[C@@]5(C)CC=C(c6ccc(C(=O)O)cc6)C(C)(C)[C@@H]5CC[C@]43C)[C@@H]12. The second kappa shape index (κ2) is 12.7. The molecule has 0 bridgehead atoms. The van der Waals surface area contributed by atoms with Gasteiger partial charge >= 0.3 is 5.97 Å². The molecule has 7 rings (SSSR count). The second-order valence-electron chi connectivity index (χ2n) is 18.3. The van der Waals surface area contributed by atoms with Gasteiger partial charge in [0.2, 0.25) is 5.91 Å². The number of carbonyl (C=O) groups is 2. The van der Waals surface area contributed by atoms with E-state index in [1.54, 1.807) is 12.1 Å². The molecular weight excluding hydrogens is 608 g/mol. The number of allylic oxidation sites excluding steroid dienone is 3. The summed E-state index contributed by atoms with van der Waals surface area (Å²) in [6.45, 7) is 22.6. The summed E-state index contributed by atoms with van der Waals surface area (Å²) in [6, 6.07) is 7.56. The highest BCUT2D eigenvalue weighted by Crippen LogP contribution is 2.77. The van der Waals surface area contributed by atoms with Crippen molar-refractivity contribution in [1.82, 2.24) is 10.2 Å². The van der Waals surface area contributed by atoms with Crippen molar-refractivity contribution in [2.75, 3.05) is 39.4 Å². The fourth-order valence-corrected chi connectivity index (χ4v) is 13.7. The number of fused-ring (bicyclic) bond motifs is 7. The molecule has 1 amide bonds. The summed E-state index contributed by atoms with van der Waals surface area (Å²) in [5, 5.41) is 13.0. The average Bonchev–Trinajstić information content (AvgIpc) is 3.47. The van der Waals surface area contributed by atoms with Crippen LogP contribution in [0.4, 0.5) is 0 Å². The molecule has 1 heterocycles. The van der Waals surface area contributed by atoms with Gasteiger partial charge in [0.15, 0.2) is 0 Å². The molecule has 6 heteroatoms. The lowest BCUT2D eigenvalue weighted by molar-refractivity contribution is -0.224. The number of carboxylic acids is 1. The first-order valence-electron chi connectivity index (χ1n) is 19.6. The normalized spacial score (nSPS) is 41.3. The number of morpholine rings is 1. The van der Waals surface area contributed by atoms with Gasteiger partial charge in [-0.05, 0) is 145 Å². The van der Waals surface area contributed by atoms with Crippen molar-refractivity contribution in [3.8, 4) is 0 Å². The van der Waals surface area contributed by atoms with Crippen molar-refractivity contribution >= 4 is 17.4 Å². The third kappa shape index (κ3) is 5.31. The van der Waals surface area contributed by atoms with E-state index < -0.39 is 5.97 Å². The third-order valence-corrected chi connectivity index (χ3v) is 16.3. The van der Waals surface area contributed by atoms with Crippen molar-refractivity contribution < 1.29 is 19.4 Å². The minimum atomic E-state index is -0.872. The van der Waals surface area contributed by atoms with E-state index >= 15 is 0 Å². The summed E-state index contributed by atoms with van der Waals surface area (Å²) in [5.74, 6) is 2.01. The Morgan fingerprint density at radius 2 is 1.67 bits per heavy atom. The highest BCUT2D eigenvalue weighted by atomic mass is 16.5. The fourth-order valence-electron chi connectivity index (χ4n) is 13.7. The first kappa shape index (κ1) is 35.0. The number of amides is 1. The van der Waals surface area contributed by atoms with Crippen molar-refractivity contribution in [3.05, 3.63) is 54.1 Å². The lowest BCUT2D eigenvalue weighted by atomic mass is 9.32. The molecule has 49 heavy (non-hydrogen) atoms. The van der Waals surface area contributed by atoms with E-state index in [-0.39, 0.29) is 27.1 Å². The number of hydrogen-bond acceptors (Lipinski definition) is 4. The van der Waals surface area contributed by atoms with E-state index in [4.69, 9.17) is 4.74 Å². The highest BCUT2D eigenvalue weighted by molar-refractivity contribution is 5.88. The van der Waals surface area contributed by atoms with Gasteiger partial charge in [0.05, 0.1) is 24.2 Å². The van der Waals surface area contributed by atoms with Crippen molar-refractivity contribution in [2.45, 2.75) is 98.8 Å². The Morgan fingerprint density at radius 1 is 0.939 bits per heavy atom. The lowest BCUT2D eigenvalue weighted by Gasteiger charge is -2.72. The molecule has 0 aromatic heterocycles. The van der Waals surface area contributed by atoms with Crippen LogP contribution >= 0.6 is 0 Å². The van der Waals surface area contributed by atoms with Gasteiger partial charge in [0.25, 0.3) is 0 Å². The Morgan fingerprint density at radius 3 is 2.37 bits per heavy atom. The smallest absolute Gasteiger partial charge is 0.335 e. The van der Waals surface area contributed by atoms with Crippen LogP contribution in [0, 0.1) is 56.7 Å². The number of carboxylic acid groups (broad SMARTS) is 1. The monoisotopic (exact) mass is 670 g/mol. The van der Waals surface area contributed by atoms with E-state index in [0.717, 1.165) is 77.9 Å². The quantitative estimate of drug-likeness (QED) is 0.214. The highest BCUT2D eigenvalue weighted by Gasteiger charge is 2.71. The van der Waals surface area contributed by atoms with Crippen LogP contribution < -0.4 is 5.32 Å². The van der Waals surface area contributed by atoms with Crippen molar-refractivity contribution in [3.63, 3.8) is 0 Å². The summed E-state index contributed by atoms with van der Waals surface area (Å²) < 4.78 is 5.52. The molecule has 5 fully saturated rings. The first-order valence-corrected chi connectivity index (χ1v) is 19.6. The predicted molar refractivity (Wildman–Crippen MR) is 196 cm³/mol. The van der Waals surface area contributed by atoms with Gasteiger partial charge in [0.1, 0.15) is 0 Å². The molecule has 0 radical (unpaired) electrons. The zero-order valence-electron chi connectivity index (χ0n) is 31.0. The Labute approximate surface area is 295 Å². The summed E-state index contributed by atoms with van der Waals surface area (Å²) in [4.78, 5) is 28.4. The summed E-state index contributed by atoms with van der Waals surface area (Å²) in [7, 11) is 0. The zero-order valence-corrected chi connectivity index (χ0v) is 31.0. The van der Waals surface area contributed by atoms with E-state index in [1.807, 2.05) is 12.1 Å². The van der Waals surface area contributed by atoms with Crippen molar-refractivity contribution in [2.24, 2.45) is 56.7 Å². The molecule has 9 atom stereocenters. The van der Waals surface area contributed by atoms with E-state index in [0.29, 0.717) is 41.1 Å². The van der Waals surface area contributed by atoms with Gasteiger partial charge in [0, 0.05) is 19.6 Å². The molecule has 4 saturated carbocycles. The second-order valence-corrected chi connectivity index (χ2v) is 18.3. The number of aromatic carboxylic acids is 1. The fraction of sp³-hybridized carbons (Fsp3) is 0.721. The molecule has 1 aromatic carbocycles. The Balaban J connectivity index is 1.12. The molecule has 1 saturated heterocycles. The maximum Gasteiger partial charge on any atom is 0.335 e. The maximum absolute atomic E-state index is 14.4. The molecule has 5 aliphatic carbocycles. The van der Waals surface area contributed by atoms with Crippen LogP contribution in [0.15, 0.2) is 43.0 Å². The molecule has 1 aliphatic heterocycles. The number of carbonyl (C=O) groups excluding carboxylic acids is 1. The van der Waals surface area contributed by atoms with Gasteiger partial charge in [-0.15, -0.1) is 6.58 Å². The lowest BCUT2D eigenvalue weighted by Crippen LogP contribution is -2.66. The van der Waals surface area contributed by atoms with Gasteiger partial charge in [-0.2, -0.15) is 0 Å². The molecule has 268 valence electrons. The number of rotatable bonds is 8. The van der Waals surface area contributed by atoms with Crippen LogP contribution in [-0.4, -0.2) is 61.3 Å². The zero-order chi connectivity index (χ0) is 34.8. The van der Waals surface area contributed by atoms with E-state index in [1.165, 1.54) is 36.8 Å². The van der Waals surface area contributed by atoms with Gasteiger partial charge in [-0.3, -0.25) is 9.69 Å². The molecule has 0 unspecified atom stereocenters. The first-order chi connectivity index (χ1) is 23.3. The molecule has 1 aromatic rings. The van der Waals surface area contributed by atoms with Gasteiger partial charge < -0.3 is 15.2 Å². The number of nitrogens with zero attached hydrogens (tertiary/aromatic N) is 1. The minimum Gasteiger partial charge on any atom is -0.478 e. The Bertz CT molecular complexity index is 1480. The molecule has 6 aliphatic rings. The molecular formula is C43H62N2O4. The standard InChI is InChI=1S/C43H62N2O4/c1-7-29-15-20-43(38(48)44-23-8-24-45-25-27-49-28-26-45)22-21-41(5)33(36(29)43)13-14-35-40(4)18-16-32(30-9-11-31(12-10-30)37(46)47)39(2,3)34(40)17-19-42(35,41)6/h7,9-12,16,29,33-36H,1,8,13-15,17-28H2,2-6H3,(H,44,48)(H,46,47)/t29-,33-,34+,35-,36-,40+,41-,42-,43+/m1/s1. The van der Waals surface area contributed by atoms with Crippen LogP contribution in [0.1, 0.15) is 115 Å². The van der Waals surface area contributed by atoms with Crippen LogP contribution in [0.2, 0.25) is 0 Å².